The van der Waals surface area contributed by atoms with Gasteiger partial charge in [-0.05, 0) is 31.5 Å². The molecule has 1 fully saturated rings. The largest absolute Gasteiger partial charge is 0.456 e. The Kier molecular flexibility index (Phi) is 4.61. The minimum atomic E-state index is -0.000349. The standard InChI is InChI=1S/C14H23N3O2/c1-11(9-15)10-16-5-7-17(8-6-16)14(18)13-4-3-12(2)19-13/h3-4,11H,5-10,15H2,1-2H3. The fourth-order valence-corrected chi connectivity index (χ4v) is 2.35. The van der Waals surface area contributed by atoms with Crippen molar-refractivity contribution in [1.82, 2.24) is 9.80 Å². The topological polar surface area (TPSA) is 62.7 Å². The molecule has 106 valence electrons. The minimum Gasteiger partial charge on any atom is -0.456 e. The average molecular weight is 265 g/mol. The van der Waals surface area contributed by atoms with Crippen LogP contribution in [0.2, 0.25) is 0 Å². The summed E-state index contributed by atoms with van der Waals surface area (Å²) in [6, 6.07) is 3.58. The number of carbonyl (C=O) groups excluding carboxylic acids is 1. The Hall–Kier alpha value is -1.33. The summed E-state index contributed by atoms with van der Waals surface area (Å²) >= 11 is 0. The molecule has 1 aliphatic rings. The molecule has 2 heterocycles. The van der Waals surface area contributed by atoms with Gasteiger partial charge >= 0.3 is 0 Å². The molecule has 0 aliphatic carbocycles. The summed E-state index contributed by atoms with van der Waals surface area (Å²) in [6.07, 6.45) is 0. The second kappa shape index (κ2) is 6.21. The molecule has 0 spiro atoms. The quantitative estimate of drug-likeness (QED) is 0.880. The lowest BCUT2D eigenvalue weighted by Gasteiger charge is -2.35. The van der Waals surface area contributed by atoms with E-state index in [1.165, 1.54) is 0 Å². The van der Waals surface area contributed by atoms with Gasteiger partial charge in [0, 0.05) is 32.7 Å². The Balaban J connectivity index is 1.84. The molecule has 1 aromatic heterocycles. The second-order valence-electron chi connectivity index (χ2n) is 5.34. The van der Waals surface area contributed by atoms with Crippen LogP contribution in [0.25, 0.3) is 0 Å². The van der Waals surface area contributed by atoms with Gasteiger partial charge in [-0.1, -0.05) is 6.92 Å². The highest BCUT2D eigenvalue weighted by Gasteiger charge is 2.24. The third-order valence-electron chi connectivity index (χ3n) is 3.58. The summed E-state index contributed by atoms with van der Waals surface area (Å²) in [6.45, 7) is 9.08. The van der Waals surface area contributed by atoms with Crippen molar-refractivity contribution in [3.05, 3.63) is 23.7 Å². The van der Waals surface area contributed by atoms with Crippen molar-refractivity contribution < 1.29 is 9.21 Å². The van der Waals surface area contributed by atoms with Gasteiger partial charge in [0.1, 0.15) is 5.76 Å². The van der Waals surface area contributed by atoms with Crippen LogP contribution in [0, 0.1) is 12.8 Å². The predicted molar refractivity (Wildman–Crippen MR) is 74.0 cm³/mol. The van der Waals surface area contributed by atoms with Gasteiger partial charge in [-0.15, -0.1) is 0 Å². The van der Waals surface area contributed by atoms with Gasteiger partial charge in [0.15, 0.2) is 5.76 Å². The molecule has 19 heavy (non-hydrogen) atoms. The molecule has 1 aromatic rings. The van der Waals surface area contributed by atoms with E-state index in [2.05, 4.69) is 11.8 Å². The van der Waals surface area contributed by atoms with Gasteiger partial charge in [-0.2, -0.15) is 0 Å². The van der Waals surface area contributed by atoms with E-state index in [4.69, 9.17) is 10.2 Å². The maximum Gasteiger partial charge on any atom is 0.289 e. The van der Waals surface area contributed by atoms with E-state index in [0.29, 0.717) is 18.2 Å². The zero-order valence-electron chi connectivity index (χ0n) is 11.8. The number of hydrogen-bond donors (Lipinski definition) is 1. The Bertz CT molecular complexity index is 422. The van der Waals surface area contributed by atoms with E-state index < -0.39 is 0 Å². The van der Waals surface area contributed by atoms with Gasteiger partial charge in [0.05, 0.1) is 0 Å². The first-order valence-corrected chi connectivity index (χ1v) is 6.88. The summed E-state index contributed by atoms with van der Waals surface area (Å²) in [5, 5.41) is 0. The number of nitrogens with zero attached hydrogens (tertiary/aromatic N) is 2. The first kappa shape index (κ1) is 14.1. The molecule has 0 bridgehead atoms. The highest BCUT2D eigenvalue weighted by molar-refractivity contribution is 5.91. The summed E-state index contributed by atoms with van der Waals surface area (Å²) in [5.74, 6) is 1.73. The Morgan fingerprint density at radius 3 is 2.58 bits per heavy atom. The summed E-state index contributed by atoms with van der Waals surface area (Å²) in [5.41, 5.74) is 5.64. The lowest BCUT2D eigenvalue weighted by Crippen LogP contribution is -2.50. The van der Waals surface area contributed by atoms with E-state index in [1.54, 1.807) is 6.07 Å². The van der Waals surface area contributed by atoms with Crippen molar-refractivity contribution in [2.24, 2.45) is 11.7 Å². The van der Waals surface area contributed by atoms with E-state index in [9.17, 15) is 4.79 Å². The van der Waals surface area contributed by atoms with Crippen molar-refractivity contribution in [3.63, 3.8) is 0 Å². The van der Waals surface area contributed by atoms with E-state index in [0.717, 1.165) is 38.5 Å². The number of piperazine rings is 1. The summed E-state index contributed by atoms with van der Waals surface area (Å²) in [7, 11) is 0. The number of carbonyl (C=O) groups is 1. The van der Waals surface area contributed by atoms with Crippen molar-refractivity contribution in [3.8, 4) is 0 Å². The van der Waals surface area contributed by atoms with Crippen molar-refractivity contribution in [1.29, 1.82) is 0 Å². The molecule has 2 N–H and O–H groups in total. The first-order chi connectivity index (χ1) is 9.10. The van der Waals surface area contributed by atoms with Crippen LogP contribution < -0.4 is 5.73 Å². The van der Waals surface area contributed by atoms with Crippen molar-refractivity contribution >= 4 is 5.91 Å². The van der Waals surface area contributed by atoms with Crippen LogP contribution in [-0.4, -0.2) is 55.0 Å². The molecule has 0 aromatic carbocycles. The average Bonchev–Trinajstić information content (AvgIpc) is 2.85. The Labute approximate surface area is 114 Å². The van der Waals surface area contributed by atoms with Gasteiger partial charge in [-0.3, -0.25) is 9.69 Å². The molecular formula is C14H23N3O2. The molecule has 1 amide bonds. The zero-order chi connectivity index (χ0) is 13.8. The van der Waals surface area contributed by atoms with Crippen LogP contribution in [0.5, 0.6) is 0 Å². The van der Waals surface area contributed by atoms with Crippen molar-refractivity contribution in [2.75, 3.05) is 39.3 Å². The maximum atomic E-state index is 12.2. The van der Waals surface area contributed by atoms with Crippen LogP contribution in [0.1, 0.15) is 23.2 Å². The fourth-order valence-electron chi connectivity index (χ4n) is 2.35. The van der Waals surface area contributed by atoms with Gasteiger partial charge in [-0.25, -0.2) is 0 Å². The van der Waals surface area contributed by atoms with Crippen LogP contribution in [0.3, 0.4) is 0 Å². The third-order valence-corrected chi connectivity index (χ3v) is 3.58. The van der Waals surface area contributed by atoms with Crippen LogP contribution in [-0.2, 0) is 0 Å². The maximum absolute atomic E-state index is 12.2. The molecule has 1 atom stereocenters. The first-order valence-electron chi connectivity index (χ1n) is 6.88. The summed E-state index contributed by atoms with van der Waals surface area (Å²) < 4.78 is 5.39. The number of amides is 1. The lowest BCUT2D eigenvalue weighted by atomic mass is 10.1. The summed E-state index contributed by atoms with van der Waals surface area (Å²) in [4.78, 5) is 16.4. The molecule has 1 unspecified atom stereocenters. The third kappa shape index (κ3) is 3.58. The number of hydrogen-bond acceptors (Lipinski definition) is 4. The number of furan rings is 1. The van der Waals surface area contributed by atoms with Gasteiger partial charge in [0.2, 0.25) is 0 Å². The SMILES string of the molecule is Cc1ccc(C(=O)N2CCN(CC(C)CN)CC2)o1. The Morgan fingerprint density at radius 2 is 2.05 bits per heavy atom. The Morgan fingerprint density at radius 1 is 1.37 bits per heavy atom. The van der Waals surface area contributed by atoms with Gasteiger partial charge < -0.3 is 15.1 Å². The molecule has 5 heteroatoms. The normalized spacial score (nSPS) is 18.6. The molecule has 0 saturated carbocycles. The van der Waals surface area contributed by atoms with Crippen molar-refractivity contribution in [2.45, 2.75) is 13.8 Å². The smallest absolute Gasteiger partial charge is 0.289 e. The molecule has 1 saturated heterocycles. The van der Waals surface area contributed by atoms with E-state index in [-0.39, 0.29) is 5.91 Å². The number of aryl methyl sites for hydroxylation is 1. The molecule has 1 aliphatic heterocycles. The predicted octanol–water partition coefficient (Wildman–Crippen LogP) is 0.941. The highest BCUT2D eigenvalue weighted by atomic mass is 16.3. The molecule has 5 nitrogen and oxygen atoms in total. The minimum absolute atomic E-state index is 0.000349. The number of nitrogens with two attached hydrogens (primary N) is 1. The second-order valence-corrected chi connectivity index (χ2v) is 5.34. The molecule has 0 radical (unpaired) electrons. The van der Waals surface area contributed by atoms with Crippen LogP contribution in [0.15, 0.2) is 16.5 Å². The van der Waals surface area contributed by atoms with E-state index >= 15 is 0 Å². The zero-order valence-corrected chi connectivity index (χ0v) is 11.8. The monoisotopic (exact) mass is 265 g/mol. The van der Waals surface area contributed by atoms with Crippen LogP contribution in [0.4, 0.5) is 0 Å². The van der Waals surface area contributed by atoms with Crippen LogP contribution >= 0.6 is 0 Å². The van der Waals surface area contributed by atoms with E-state index in [1.807, 2.05) is 17.9 Å². The number of rotatable bonds is 4. The lowest BCUT2D eigenvalue weighted by molar-refractivity contribution is 0.0590. The highest BCUT2D eigenvalue weighted by Crippen LogP contribution is 2.12. The fraction of sp³-hybridized carbons (Fsp3) is 0.643. The van der Waals surface area contributed by atoms with Gasteiger partial charge in [0.25, 0.3) is 5.91 Å². The molecular weight excluding hydrogens is 242 g/mol. The molecule has 2 rings (SSSR count).